The summed E-state index contributed by atoms with van der Waals surface area (Å²) in [6.45, 7) is 0. The van der Waals surface area contributed by atoms with Crippen LogP contribution in [0.3, 0.4) is 0 Å². The number of hydrogen-bond acceptors (Lipinski definition) is 1. The molecule has 8 aromatic carbocycles. The van der Waals surface area contributed by atoms with Gasteiger partial charge in [0.05, 0.1) is 11.0 Å². The minimum atomic E-state index is 0.905. The van der Waals surface area contributed by atoms with Crippen molar-refractivity contribution < 1.29 is 4.42 Å². The van der Waals surface area contributed by atoms with Crippen molar-refractivity contribution in [3.8, 4) is 27.9 Å². The molecule has 0 bridgehead atoms. The molecule has 2 aromatic heterocycles. The summed E-state index contributed by atoms with van der Waals surface area (Å²) >= 11 is 3.89. The number of para-hydroxylation sites is 2. The Balaban J connectivity index is 1.23. The number of furan rings is 1. The van der Waals surface area contributed by atoms with E-state index in [9.17, 15) is 0 Å². The predicted octanol–water partition coefficient (Wildman–Crippen LogP) is 13.1. The molecule has 3 heteroatoms. The molecule has 10 rings (SSSR count). The second-order valence-corrected chi connectivity index (χ2v) is 13.2. The summed E-state index contributed by atoms with van der Waals surface area (Å²) in [7, 11) is 0. The topological polar surface area (TPSA) is 18.1 Å². The molecule has 47 heavy (non-hydrogen) atoms. The maximum atomic E-state index is 6.60. The molecule has 0 atom stereocenters. The molecule has 0 aliphatic rings. The molecular weight excluding hydrogens is 638 g/mol. The smallest absolute Gasteiger partial charge is 0.143 e. The molecule has 2 nitrogen and oxygen atoms in total. The molecule has 0 radical (unpaired) electrons. The quantitative estimate of drug-likeness (QED) is 0.184. The summed E-state index contributed by atoms with van der Waals surface area (Å²) in [4.78, 5) is 0. The van der Waals surface area contributed by atoms with Gasteiger partial charge in [0.2, 0.25) is 0 Å². The van der Waals surface area contributed by atoms with E-state index in [-0.39, 0.29) is 0 Å². The van der Waals surface area contributed by atoms with Gasteiger partial charge in [-0.3, -0.25) is 0 Å². The van der Waals surface area contributed by atoms with E-state index in [2.05, 4.69) is 172 Å². The van der Waals surface area contributed by atoms with Gasteiger partial charge in [-0.05, 0) is 105 Å². The molecular formula is C44H26BrNO. The van der Waals surface area contributed by atoms with E-state index in [4.69, 9.17) is 4.42 Å². The standard InChI is InChI=1S/C44H26BrNO/c45-33-21-31(20-32(22-33)43-35-15-7-6-12-30(35)25-39-36-16-8-9-17-42(36)47-44(39)43)29-18-19-40-37(24-29)38-23-27-10-4-5-11-28(27)26-41(38)46(40)34-13-2-1-3-14-34/h1-26H. The van der Waals surface area contributed by atoms with Gasteiger partial charge < -0.3 is 8.98 Å². The van der Waals surface area contributed by atoms with Gasteiger partial charge in [-0.2, -0.15) is 0 Å². The molecule has 0 spiro atoms. The number of aromatic nitrogens is 1. The Morgan fingerprint density at radius 3 is 1.94 bits per heavy atom. The molecule has 0 saturated heterocycles. The van der Waals surface area contributed by atoms with Gasteiger partial charge >= 0.3 is 0 Å². The largest absolute Gasteiger partial charge is 0.455 e. The highest BCUT2D eigenvalue weighted by atomic mass is 79.9. The van der Waals surface area contributed by atoms with Gasteiger partial charge in [0.1, 0.15) is 11.2 Å². The second kappa shape index (κ2) is 10.2. The predicted molar refractivity (Wildman–Crippen MR) is 202 cm³/mol. The lowest BCUT2D eigenvalue weighted by Crippen LogP contribution is -1.93. The van der Waals surface area contributed by atoms with Crippen LogP contribution in [-0.4, -0.2) is 4.57 Å². The number of fused-ring (bicyclic) bond motifs is 8. The van der Waals surface area contributed by atoms with Gasteiger partial charge in [0.25, 0.3) is 0 Å². The Morgan fingerprint density at radius 1 is 0.426 bits per heavy atom. The third-order valence-corrected chi connectivity index (χ3v) is 10.0. The van der Waals surface area contributed by atoms with E-state index in [0.29, 0.717) is 0 Å². The Morgan fingerprint density at radius 2 is 1.09 bits per heavy atom. The third kappa shape index (κ3) is 4.10. The zero-order chi connectivity index (χ0) is 31.1. The summed E-state index contributed by atoms with van der Waals surface area (Å²) in [6.07, 6.45) is 0. The molecule has 0 unspecified atom stereocenters. The molecule has 0 saturated carbocycles. The molecule has 0 fully saturated rings. The van der Waals surface area contributed by atoms with E-state index >= 15 is 0 Å². The molecule has 0 amide bonds. The summed E-state index contributed by atoms with van der Waals surface area (Å²) in [5.41, 5.74) is 9.93. The normalized spacial score (nSPS) is 11.9. The van der Waals surface area contributed by atoms with Crippen LogP contribution in [0.5, 0.6) is 0 Å². The van der Waals surface area contributed by atoms with Crippen molar-refractivity contribution in [2.45, 2.75) is 0 Å². The highest BCUT2D eigenvalue weighted by Gasteiger charge is 2.19. The van der Waals surface area contributed by atoms with Crippen molar-refractivity contribution >= 4 is 81.2 Å². The first-order valence-electron chi connectivity index (χ1n) is 15.9. The van der Waals surface area contributed by atoms with Crippen LogP contribution in [0, 0.1) is 0 Å². The van der Waals surface area contributed by atoms with Crippen LogP contribution in [0.4, 0.5) is 0 Å². The zero-order valence-corrected chi connectivity index (χ0v) is 26.8. The Hall–Kier alpha value is -5.64. The zero-order valence-electron chi connectivity index (χ0n) is 25.2. The van der Waals surface area contributed by atoms with Crippen LogP contribution < -0.4 is 0 Å². The van der Waals surface area contributed by atoms with Crippen LogP contribution in [0.25, 0.3) is 93.2 Å². The molecule has 0 N–H and O–H groups in total. The van der Waals surface area contributed by atoms with Gasteiger partial charge in [-0.25, -0.2) is 0 Å². The average Bonchev–Trinajstić information content (AvgIpc) is 3.64. The van der Waals surface area contributed by atoms with Crippen LogP contribution in [0.1, 0.15) is 0 Å². The number of hydrogen-bond donors (Lipinski definition) is 0. The Labute approximate surface area is 279 Å². The first kappa shape index (κ1) is 26.6. The fraction of sp³-hybridized carbons (Fsp3) is 0. The fourth-order valence-corrected chi connectivity index (χ4v) is 7.94. The van der Waals surface area contributed by atoms with Gasteiger partial charge in [0.15, 0.2) is 0 Å². The highest BCUT2D eigenvalue weighted by molar-refractivity contribution is 9.10. The third-order valence-electron chi connectivity index (χ3n) is 9.56. The van der Waals surface area contributed by atoms with Crippen molar-refractivity contribution in [3.63, 3.8) is 0 Å². The lowest BCUT2D eigenvalue weighted by molar-refractivity contribution is 0.670. The van der Waals surface area contributed by atoms with E-state index in [0.717, 1.165) is 48.8 Å². The monoisotopic (exact) mass is 663 g/mol. The first-order chi connectivity index (χ1) is 23.2. The van der Waals surface area contributed by atoms with E-state index in [1.165, 1.54) is 48.9 Å². The number of nitrogens with zero attached hydrogens (tertiary/aromatic N) is 1. The minimum absolute atomic E-state index is 0.905. The van der Waals surface area contributed by atoms with Crippen LogP contribution >= 0.6 is 15.9 Å². The number of halogens is 1. The summed E-state index contributed by atoms with van der Waals surface area (Å²) in [5.74, 6) is 0. The van der Waals surface area contributed by atoms with Crippen molar-refractivity contribution in [2.24, 2.45) is 0 Å². The Bertz CT molecular complexity index is 2860. The SMILES string of the molecule is Brc1cc(-c2ccc3c(c2)c2cc4ccccc4cc2n3-c2ccccc2)cc(-c2c3ccccc3cc3c2oc2ccccc23)c1. The van der Waals surface area contributed by atoms with Crippen molar-refractivity contribution in [3.05, 3.63) is 162 Å². The molecule has 2 heterocycles. The average molecular weight is 665 g/mol. The lowest BCUT2D eigenvalue weighted by Gasteiger charge is -2.12. The molecule has 0 aliphatic heterocycles. The molecule has 10 aromatic rings. The van der Waals surface area contributed by atoms with E-state index < -0.39 is 0 Å². The van der Waals surface area contributed by atoms with Gasteiger partial charge in [-0.15, -0.1) is 0 Å². The number of benzene rings is 8. The maximum absolute atomic E-state index is 6.60. The van der Waals surface area contributed by atoms with Gasteiger partial charge in [0, 0.05) is 37.3 Å². The summed E-state index contributed by atoms with van der Waals surface area (Å²) < 4.78 is 10.0. The van der Waals surface area contributed by atoms with Gasteiger partial charge in [-0.1, -0.05) is 107 Å². The number of rotatable bonds is 3. The van der Waals surface area contributed by atoms with Crippen LogP contribution in [-0.2, 0) is 0 Å². The minimum Gasteiger partial charge on any atom is -0.455 e. The van der Waals surface area contributed by atoms with Crippen molar-refractivity contribution in [1.29, 1.82) is 0 Å². The first-order valence-corrected chi connectivity index (χ1v) is 16.7. The molecule has 220 valence electrons. The Kier molecular flexibility index (Phi) is 5.76. The highest BCUT2D eigenvalue weighted by Crippen LogP contribution is 2.44. The van der Waals surface area contributed by atoms with Crippen molar-refractivity contribution in [1.82, 2.24) is 4.57 Å². The van der Waals surface area contributed by atoms with E-state index in [1.54, 1.807) is 0 Å². The summed E-state index contributed by atoms with van der Waals surface area (Å²) in [6, 6.07) is 56.8. The second-order valence-electron chi connectivity index (χ2n) is 12.3. The fourth-order valence-electron chi connectivity index (χ4n) is 7.45. The lowest BCUT2D eigenvalue weighted by atomic mass is 9.93. The molecule has 0 aliphatic carbocycles. The van der Waals surface area contributed by atoms with Crippen LogP contribution in [0.15, 0.2) is 167 Å². The van der Waals surface area contributed by atoms with E-state index in [1.807, 2.05) is 6.07 Å². The summed E-state index contributed by atoms with van der Waals surface area (Å²) in [5, 5.41) is 9.62. The van der Waals surface area contributed by atoms with Crippen LogP contribution in [0.2, 0.25) is 0 Å². The van der Waals surface area contributed by atoms with Crippen molar-refractivity contribution in [2.75, 3.05) is 0 Å². The maximum Gasteiger partial charge on any atom is 0.143 e.